The van der Waals surface area contributed by atoms with Crippen LogP contribution < -0.4 is 26.6 Å². The second-order valence-electron chi connectivity index (χ2n) is 12.2. The zero-order valence-corrected chi connectivity index (χ0v) is 27.8. The fraction of sp³-hybridized carbons (Fsp3) is 0.485. The second-order valence-corrected chi connectivity index (χ2v) is 13.2. The first-order valence-electron chi connectivity index (χ1n) is 15.7. The van der Waals surface area contributed by atoms with E-state index in [4.69, 9.17) is 0 Å². The summed E-state index contributed by atoms with van der Waals surface area (Å²) in [4.78, 5) is 86.5. The molecule has 0 aliphatic carbocycles. The van der Waals surface area contributed by atoms with Gasteiger partial charge in [-0.05, 0) is 55.4 Å². The van der Waals surface area contributed by atoms with Crippen LogP contribution in [0.4, 0.5) is 0 Å². The van der Waals surface area contributed by atoms with Crippen molar-refractivity contribution in [2.45, 2.75) is 76.3 Å². The zero-order valence-electron chi connectivity index (χ0n) is 27.0. The Kier molecular flexibility index (Phi) is 12.3. The zero-order chi connectivity index (χ0) is 34.1. The molecule has 2 aliphatic rings. The van der Waals surface area contributed by atoms with Gasteiger partial charge in [-0.3, -0.25) is 33.8 Å². The first-order chi connectivity index (χ1) is 22.5. The summed E-state index contributed by atoms with van der Waals surface area (Å²) < 4.78 is 0. The number of aromatic nitrogens is 1. The third kappa shape index (κ3) is 9.31. The Morgan fingerprint density at radius 3 is 2.32 bits per heavy atom. The van der Waals surface area contributed by atoms with E-state index < -0.39 is 65.8 Å². The van der Waals surface area contributed by atoms with E-state index in [0.717, 1.165) is 0 Å². The average molecular weight is 666 g/mol. The Morgan fingerprint density at radius 2 is 1.66 bits per heavy atom. The summed E-state index contributed by atoms with van der Waals surface area (Å²) >= 11 is 1.51. The third-order valence-electron chi connectivity index (χ3n) is 8.32. The van der Waals surface area contributed by atoms with E-state index in [-0.39, 0.29) is 31.2 Å². The highest BCUT2D eigenvalue weighted by Crippen LogP contribution is 2.23. The van der Waals surface area contributed by atoms with Gasteiger partial charge in [0.15, 0.2) is 0 Å². The molecule has 2 saturated heterocycles. The van der Waals surface area contributed by atoms with Crippen molar-refractivity contribution >= 4 is 47.2 Å². The fourth-order valence-electron chi connectivity index (χ4n) is 5.70. The lowest BCUT2D eigenvalue weighted by Gasteiger charge is -2.32. The minimum absolute atomic E-state index is 0.0101. The number of thioether (sulfide) groups is 1. The highest BCUT2D eigenvalue weighted by molar-refractivity contribution is 7.98. The summed E-state index contributed by atoms with van der Waals surface area (Å²) in [6.45, 7) is 5.09. The van der Waals surface area contributed by atoms with Gasteiger partial charge >= 0.3 is 0 Å². The Hall–Kier alpha value is -4.46. The van der Waals surface area contributed by atoms with Gasteiger partial charge in [0.1, 0.15) is 24.2 Å². The van der Waals surface area contributed by atoms with E-state index in [1.807, 2.05) is 12.3 Å². The molecule has 14 heteroatoms. The molecular formula is C33H43N7O6S. The van der Waals surface area contributed by atoms with Gasteiger partial charge < -0.3 is 31.5 Å². The van der Waals surface area contributed by atoms with Crippen LogP contribution in [0.5, 0.6) is 0 Å². The molecule has 0 saturated carbocycles. The van der Waals surface area contributed by atoms with Gasteiger partial charge in [-0.15, -0.1) is 0 Å². The van der Waals surface area contributed by atoms with Crippen LogP contribution in [0.2, 0.25) is 0 Å². The van der Waals surface area contributed by atoms with Crippen LogP contribution in [-0.2, 0) is 24.0 Å². The quantitative estimate of drug-likeness (QED) is 0.290. The summed E-state index contributed by atoms with van der Waals surface area (Å²) in [5.41, 5.74) is 1.06. The molecular weight excluding hydrogens is 622 g/mol. The fourth-order valence-corrected chi connectivity index (χ4v) is 6.17. The van der Waals surface area contributed by atoms with Crippen LogP contribution in [0.1, 0.15) is 62.0 Å². The van der Waals surface area contributed by atoms with E-state index in [1.165, 1.54) is 36.0 Å². The van der Waals surface area contributed by atoms with Crippen LogP contribution in [0.15, 0.2) is 54.9 Å². The van der Waals surface area contributed by atoms with Crippen LogP contribution >= 0.6 is 11.8 Å². The Morgan fingerprint density at radius 1 is 0.957 bits per heavy atom. The molecule has 0 radical (unpaired) electrons. The number of pyridine rings is 1. The number of carbonyl (C=O) groups is 6. The number of nitrogens with zero attached hydrogens (tertiary/aromatic N) is 2. The largest absolute Gasteiger partial charge is 0.347 e. The van der Waals surface area contributed by atoms with Gasteiger partial charge in [0.25, 0.3) is 5.91 Å². The number of benzene rings is 1. The Balaban J connectivity index is 1.67. The van der Waals surface area contributed by atoms with E-state index in [1.54, 1.807) is 50.2 Å². The summed E-state index contributed by atoms with van der Waals surface area (Å²) in [6.07, 6.45) is 5.13. The molecule has 6 amide bonds. The molecule has 2 aliphatic heterocycles. The summed E-state index contributed by atoms with van der Waals surface area (Å²) in [5.74, 6) is -2.77. The van der Waals surface area contributed by atoms with Crippen molar-refractivity contribution in [3.8, 4) is 0 Å². The number of carbonyl (C=O) groups excluding carboxylic acids is 6. The van der Waals surface area contributed by atoms with Crippen molar-refractivity contribution in [2.75, 3.05) is 18.6 Å². The van der Waals surface area contributed by atoms with Gasteiger partial charge in [0, 0.05) is 30.5 Å². The summed E-state index contributed by atoms with van der Waals surface area (Å²) in [5, 5.41) is 14.2. The maximum atomic E-state index is 14.1. The monoisotopic (exact) mass is 665 g/mol. The van der Waals surface area contributed by atoms with Crippen molar-refractivity contribution in [1.82, 2.24) is 36.5 Å². The first kappa shape index (κ1) is 35.4. The van der Waals surface area contributed by atoms with Crippen molar-refractivity contribution < 1.29 is 28.8 Å². The normalized spacial score (nSPS) is 26.1. The molecule has 13 nitrogen and oxygen atoms in total. The minimum atomic E-state index is -1.02. The first-order valence-corrected chi connectivity index (χ1v) is 17.1. The molecule has 0 bridgehead atoms. The van der Waals surface area contributed by atoms with Gasteiger partial charge in [0.05, 0.1) is 12.5 Å². The lowest BCUT2D eigenvalue weighted by atomic mass is 10.0. The molecule has 6 atom stereocenters. The van der Waals surface area contributed by atoms with Crippen molar-refractivity contribution in [3.63, 3.8) is 0 Å². The van der Waals surface area contributed by atoms with Gasteiger partial charge in [-0.1, -0.05) is 44.2 Å². The van der Waals surface area contributed by atoms with Crippen molar-refractivity contribution in [1.29, 1.82) is 0 Å². The van der Waals surface area contributed by atoms with Crippen LogP contribution in [-0.4, -0.2) is 94.1 Å². The number of rotatable bonds is 7. The number of nitrogens with one attached hydrogen (secondary N) is 5. The standard InChI is InChI=1S/C33H43N7O6S/c1-19(2)28-33(46)40-18-23(36-30(43)22-10-13-34-14-11-22)16-26(40)32(45)35-20(3)29(42)38-25(21-8-6-5-7-9-21)17-27(41)37-24(12-15-47-4)31(44)39-28/h5-11,13-14,19-20,23-26,28H,12,15-18H2,1-4H3,(H,35,45)(H,36,43)(H,37,41)(H,38,42)(H,39,44)/t20-,23-,24-,25-,26-,28-/m0/s1. The van der Waals surface area contributed by atoms with Crippen LogP contribution in [0, 0.1) is 5.92 Å². The average Bonchev–Trinajstić information content (AvgIpc) is 3.48. The lowest BCUT2D eigenvalue weighted by molar-refractivity contribution is -0.143. The molecule has 47 heavy (non-hydrogen) atoms. The lowest BCUT2D eigenvalue weighted by Crippen LogP contribution is -2.59. The predicted octanol–water partition coefficient (Wildman–Crippen LogP) is 0.926. The molecule has 1 aromatic carbocycles. The Bertz CT molecular complexity index is 1440. The summed E-state index contributed by atoms with van der Waals surface area (Å²) in [7, 11) is 0. The SMILES string of the molecule is CSCC[C@@H]1NC(=O)C[C@@H](c2ccccc2)NC(=O)[C@H](C)NC(=O)[C@@H]2C[C@H](NC(=O)c3ccncc3)CN2C(=O)[C@H](C(C)C)NC1=O. The number of fused-ring (bicyclic) bond motifs is 1. The molecule has 1 aromatic heterocycles. The third-order valence-corrected chi connectivity index (χ3v) is 8.96. The molecule has 5 N–H and O–H groups in total. The van der Waals surface area contributed by atoms with E-state index >= 15 is 0 Å². The van der Waals surface area contributed by atoms with Gasteiger partial charge in [-0.2, -0.15) is 11.8 Å². The molecule has 0 unspecified atom stereocenters. The van der Waals surface area contributed by atoms with Crippen LogP contribution in [0.25, 0.3) is 0 Å². The summed E-state index contributed by atoms with van der Waals surface area (Å²) in [6, 6.07) is 6.78. The molecule has 252 valence electrons. The maximum absolute atomic E-state index is 14.1. The molecule has 4 rings (SSSR count). The highest BCUT2D eigenvalue weighted by atomic mass is 32.2. The van der Waals surface area contributed by atoms with Crippen molar-refractivity contribution in [3.05, 3.63) is 66.0 Å². The Labute approximate surface area is 278 Å². The van der Waals surface area contributed by atoms with Crippen LogP contribution in [0.3, 0.4) is 0 Å². The highest BCUT2D eigenvalue weighted by Gasteiger charge is 2.44. The number of hydrogen-bond acceptors (Lipinski definition) is 8. The predicted molar refractivity (Wildman–Crippen MR) is 177 cm³/mol. The van der Waals surface area contributed by atoms with E-state index in [9.17, 15) is 28.8 Å². The topological polar surface area (TPSA) is 179 Å². The number of hydrogen-bond donors (Lipinski definition) is 5. The minimum Gasteiger partial charge on any atom is -0.347 e. The molecule has 0 spiro atoms. The van der Waals surface area contributed by atoms with Gasteiger partial charge in [-0.25, -0.2) is 0 Å². The smallest absolute Gasteiger partial charge is 0.251 e. The van der Waals surface area contributed by atoms with E-state index in [2.05, 4.69) is 31.6 Å². The second kappa shape index (κ2) is 16.4. The molecule has 3 heterocycles. The number of amides is 6. The van der Waals surface area contributed by atoms with Crippen molar-refractivity contribution in [2.24, 2.45) is 5.92 Å². The van der Waals surface area contributed by atoms with E-state index in [0.29, 0.717) is 23.3 Å². The molecule has 2 aromatic rings. The van der Waals surface area contributed by atoms with Gasteiger partial charge in [0.2, 0.25) is 29.5 Å². The maximum Gasteiger partial charge on any atom is 0.251 e. The molecule has 2 fully saturated rings.